The van der Waals surface area contributed by atoms with Crippen molar-refractivity contribution in [1.29, 1.82) is 0 Å². The highest BCUT2D eigenvalue weighted by Crippen LogP contribution is 2.31. The summed E-state index contributed by atoms with van der Waals surface area (Å²) in [7, 11) is 0. The number of hydrogen-bond acceptors (Lipinski definition) is 5. The van der Waals surface area contributed by atoms with Gasteiger partial charge in [0.05, 0.1) is 17.4 Å². The van der Waals surface area contributed by atoms with E-state index in [1.54, 1.807) is 12.1 Å². The zero-order valence-electron chi connectivity index (χ0n) is 13.5. The molecular formula is C19H13FN4OS. The molecule has 128 valence electrons. The van der Waals surface area contributed by atoms with E-state index in [4.69, 9.17) is 0 Å². The van der Waals surface area contributed by atoms with Crippen molar-refractivity contribution in [3.05, 3.63) is 84.2 Å². The van der Waals surface area contributed by atoms with E-state index in [1.807, 2.05) is 30.3 Å². The van der Waals surface area contributed by atoms with Crippen LogP contribution in [0, 0.1) is 5.82 Å². The summed E-state index contributed by atoms with van der Waals surface area (Å²) in [5, 5.41) is 0.421. The number of amides is 1. The van der Waals surface area contributed by atoms with Gasteiger partial charge in [-0.2, -0.15) is 0 Å². The zero-order valence-corrected chi connectivity index (χ0v) is 14.4. The van der Waals surface area contributed by atoms with Crippen LogP contribution in [0.2, 0.25) is 0 Å². The molecule has 0 aliphatic rings. The number of carbonyl (C=O) groups is 1. The molecule has 0 N–H and O–H groups in total. The normalized spacial score (nSPS) is 10.8. The van der Waals surface area contributed by atoms with Gasteiger partial charge < -0.3 is 0 Å². The topological polar surface area (TPSA) is 59.0 Å². The van der Waals surface area contributed by atoms with Crippen molar-refractivity contribution in [3.8, 4) is 0 Å². The van der Waals surface area contributed by atoms with Crippen molar-refractivity contribution in [1.82, 2.24) is 15.0 Å². The lowest BCUT2D eigenvalue weighted by atomic mass is 10.2. The van der Waals surface area contributed by atoms with Gasteiger partial charge in [-0.15, -0.1) is 0 Å². The van der Waals surface area contributed by atoms with E-state index < -0.39 is 5.82 Å². The summed E-state index contributed by atoms with van der Waals surface area (Å²) in [5.41, 5.74) is 1.41. The lowest BCUT2D eigenvalue weighted by Gasteiger charge is -2.19. The van der Waals surface area contributed by atoms with Crippen LogP contribution in [0.15, 0.2) is 67.1 Å². The fraction of sp³-hybridized carbons (Fsp3) is 0.0526. The molecule has 26 heavy (non-hydrogen) atoms. The summed E-state index contributed by atoms with van der Waals surface area (Å²) >= 11 is 1.27. The fourth-order valence-electron chi connectivity index (χ4n) is 2.56. The van der Waals surface area contributed by atoms with Crippen molar-refractivity contribution >= 4 is 32.6 Å². The summed E-state index contributed by atoms with van der Waals surface area (Å²) in [4.78, 5) is 26.9. The molecule has 0 saturated heterocycles. The highest BCUT2D eigenvalue weighted by Gasteiger charge is 2.23. The van der Waals surface area contributed by atoms with E-state index in [0.29, 0.717) is 16.4 Å². The second-order valence-electron chi connectivity index (χ2n) is 5.55. The van der Waals surface area contributed by atoms with Crippen molar-refractivity contribution < 1.29 is 9.18 Å². The van der Waals surface area contributed by atoms with Gasteiger partial charge >= 0.3 is 0 Å². The minimum absolute atomic E-state index is 0.211. The van der Waals surface area contributed by atoms with Crippen LogP contribution in [-0.4, -0.2) is 20.9 Å². The molecule has 1 amide bonds. The minimum atomic E-state index is -0.406. The van der Waals surface area contributed by atoms with Gasteiger partial charge in [0.15, 0.2) is 5.13 Å². The van der Waals surface area contributed by atoms with Crippen LogP contribution in [0.5, 0.6) is 0 Å². The van der Waals surface area contributed by atoms with Gasteiger partial charge in [0.2, 0.25) is 0 Å². The Morgan fingerprint density at radius 1 is 1.08 bits per heavy atom. The highest BCUT2D eigenvalue weighted by molar-refractivity contribution is 7.22. The number of rotatable bonds is 4. The second-order valence-corrected chi connectivity index (χ2v) is 6.56. The molecule has 5 nitrogen and oxygen atoms in total. The van der Waals surface area contributed by atoms with E-state index >= 15 is 0 Å². The average molecular weight is 364 g/mol. The standard InChI is InChI=1S/C19H13FN4OS/c20-14-7-4-8-16-17(14)23-19(26-16)24(12-13-5-2-1-3-6-13)18(25)15-11-21-9-10-22-15/h1-11H,12H2. The van der Waals surface area contributed by atoms with Gasteiger partial charge in [-0.3, -0.25) is 14.7 Å². The SMILES string of the molecule is O=C(c1cnccn1)N(Cc1ccccc1)c1nc2c(F)cccc2s1. The first-order valence-corrected chi connectivity index (χ1v) is 8.71. The third-order valence-electron chi connectivity index (χ3n) is 3.80. The van der Waals surface area contributed by atoms with Crippen molar-refractivity contribution in [3.63, 3.8) is 0 Å². The molecule has 0 atom stereocenters. The Morgan fingerprint density at radius 3 is 2.65 bits per heavy atom. The number of anilines is 1. The molecule has 0 saturated carbocycles. The summed E-state index contributed by atoms with van der Waals surface area (Å²) in [5.74, 6) is -0.738. The van der Waals surface area contributed by atoms with Crippen LogP contribution in [0.25, 0.3) is 10.2 Å². The number of benzene rings is 2. The summed E-state index contributed by atoms with van der Waals surface area (Å²) in [6, 6.07) is 14.3. The molecule has 2 aromatic carbocycles. The molecule has 4 rings (SSSR count). The third-order valence-corrected chi connectivity index (χ3v) is 4.84. The number of halogens is 1. The van der Waals surface area contributed by atoms with Crippen molar-refractivity contribution in [2.75, 3.05) is 4.90 Å². The van der Waals surface area contributed by atoms with Crippen LogP contribution in [-0.2, 0) is 6.54 Å². The Bertz CT molecular complexity index is 1050. The van der Waals surface area contributed by atoms with Crippen LogP contribution in [0.1, 0.15) is 16.1 Å². The molecule has 7 heteroatoms. The maximum Gasteiger partial charge on any atom is 0.280 e. The predicted octanol–water partition coefficient (Wildman–Crippen LogP) is 4.07. The molecule has 2 heterocycles. The highest BCUT2D eigenvalue weighted by atomic mass is 32.1. The van der Waals surface area contributed by atoms with Crippen molar-refractivity contribution in [2.24, 2.45) is 0 Å². The fourth-order valence-corrected chi connectivity index (χ4v) is 3.54. The van der Waals surface area contributed by atoms with Gasteiger partial charge in [0.25, 0.3) is 5.91 Å². The number of carbonyl (C=O) groups excluding carboxylic acids is 1. The third kappa shape index (κ3) is 3.16. The number of para-hydroxylation sites is 1. The number of aromatic nitrogens is 3. The maximum atomic E-state index is 14.0. The van der Waals surface area contributed by atoms with Crippen LogP contribution in [0.4, 0.5) is 9.52 Å². The molecule has 4 aromatic rings. The average Bonchev–Trinajstić information content (AvgIpc) is 3.12. The molecule has 2 aromatic heterocycles. The second kappa shape index (κ2) is 6.97. The van der Waals surface area contributed by atoms with Gasteiger partial charge in [0.1, 0.15) is 17.0 Å². The predicted molar refractivity (Wildman–Crippen MR) is 98.6 cm³/mol. The van der Waals surface area contributed by atoms with E-state index in [-0.39, 0.29) is 17.1 Å². The van der Waals surface area contributed by atoms with E-state index in [0.717, 1.165) is 5.56 Å². The lowest BCUT2D eigenvalue weighted by Crippen LogP contribution is -2.31. The van der Waals surface area contributed by atoms with Gasteiger partial charge in [-0.05, 0) is 17.7 Å². The maximum absolute atomic E-state index is 14.0. The first-order chi connectivity index (χ1) is 12.7. The molecular weight excluding hydrogens is 351 g/mol. The van der Waals surface area contributed by atoms with Crippen molar-refractivity contribution in [2.45, 2.75) is 6.54 Å². The smallest absolute Gasteiger partial charge is 0.278 e. The van der Waals surface area contributed by atoms with Crippen LogP contribution in [0.3, 0.4) is 0 Å². The van der Waals surface area contributed by atoms with Crippen LogP contribution >= 0.6 is 11.3 Å². The number of thiazole rings is 1. The molecule has 0 fully saturated rings. The Morgan fingerprint density at radius 2 is 1.92 bits per heavy atom. The first kappa shape index (κ1) is 16.3. The molecule has 0 unspecified atom stereocenters. The monoisotopic (exact) mass is 364 g/mol. The van der Waals surface area contributed by atoms with Gasteiger partial charge in [-0.25, -0.2) is 14.4 Å². The number of nitrogens with zero attached hydrogens (tertiary/aromatic N) is 4. The number of hydrogen-bond donors (Lipinski definition) is 0. The Kier molecular flexibility index (Phi) is 4.37. The Balaban J connectivity index is 1.78. The minimum Gasteiger partial charge on any atom is -0.278 e. The van der Waals surface area contributed by atoms with Gasteiger partial charge in [0, 0.05) is 12.4 Å². The Labute approximate surface area is 152 Å². The first-order valence-electron chi connectivity index (χ1n) is 7.89. The Hall–Kier alpha value is -3.19. The summed E-state index contributed by atoms with van der Waals surface area (Å²) < 4.78 is 14.7. The van der Waals surface area contributed by atoms with E-state index in [1.165, 1.54) is 40.9 Å². The lowest BCUT2D eigenvalue weighted by molar-refractivity contribution is 0.0980. The molecule has 0 aliphatic heterocycles. The molecule has 0 bridgehead atoms. The quantitative estimate of drug-likeness (QED) is 0.548. The summed E-state index contributed by atoms with van der Waals surface area (Å²) in [6.07, 6.45) is 4.38. The zero-order chi connectivity index (χ0) is 17.9. The van der Waals surface area contributed by atoms with E-state index in [9.17, 15) is 9.18 Å². The largest absolute Gasteiger partial charge is 0.280 e. The van der Waals surface area contributed by atoms with Crippen LogP contribution < -0.4 is 4.90 Å². The van der Waals surface area contributed by atoms with Gasteiger partial charge in [-0.1, -0.05) is 47.7 Å². The molecule has 0 spiro atoms. The molecule has 0 aliphatic carbocycles. The molecule has 0 radical (unpaired) electrons. The number of fused-ring (bicyclic) bond motifs is 1. The van der Waals surface area contributed by atoms with E-state index in [2.05, 4.69) is 15.0 Å². The summed E-state index contributed by atoms with van der Waals surface area (Å²) in [6.45, 7) is 0.303.